The maximum atomic E-state index is 8.48. The average molecular weight is 264 g/mol. The SMILES string of the molecule is N#CCCNc1ncc(-c2ccc3c(c2)CCC3)cn1. The Morgan fingerprint density at radius 3 is 2.70 bits per heavy atom. The van der Waals surface area contributed by atoms with Crippen LogP contribution in [0.1, 0.15) is 24.0 Å². The van der Waals surface area contributed by atoms with E-state index in [1.165, 1.54) is 36.0 Å². The Morgan fingerprint density at radius 2 is 1.90 bits per heavy atom. The van der Waals surface area contributed by atoms with Crippen molar-refractivity contribution in [2.24, 2.45) is 0 Å². The quantitative estimate of drug-likeness (QED) is 0.862. The molecule has 3 rings (SSSR count). The number of nitriles is 1. The van der Waals surface area contributed by atoms with Gasteiger partial charge in [-0.2, -0.15) is 5.26 Å². The van der Waals surface area contributed by atoms with Crippen LogP contribution < -0.4 is 5.32 Å². The minimum atomic E-state index is 0.454. The van der Waals surface area contributed by atoms with Crippen molar-refractivity contribution in [3.8, 4) is 17.2 Å². The first-order valence-corrected chi connectivity index (χ1v) is 6.92. The molecule has 0 spiro atoms. The zero-order valence-electron chi connectivity index (χ0n) is 11.3. The lowest BCUT2D eigenvalue weighted by Gasteiger charge is -2.06. The Bertz CT molecular complexity index is 641. The molecule has 2 aromatic rings. The topological polar surface area (TPSA) is 61.6 Å². The molecule has 20 heavy (non-hydrogen) atoms. The predicted octanol–water partition coefficient (Wildman–Crippen LogP) is 2.96. The molecule has 0 radical (unpaired) electrons. The minimum absolute atomic E-state index is 0.454. The molecule has 0 saturated carbocycles. The summed E-state index contributed by atoms with van der Waals surface area (Å²) in [6.45, 7) is 0.578. The van der Waals surface area contributed by atoms with Crippen LogP contribution in [0.4, 0.5) is 5.95 Å². The van der Waals surface area contributed by atoms with Crippen molar-refractivity contribution in [1.29, 1.82) is 5.26 Å². The summed E-state index contributed by atoms with van der Waals surface area (Å²) in [7, 11) is 0. The zero-order chi connectivity index (χ0) is 13.8. The lowest BCUT2D eigenvalue weighted by atomic mass is 10.0. The van der Waals surface area contributed by atoms with Gasteiger partial charge >= 0.3 is 0 Å². The number of rotatable bonds is 4. The fourth-order valence-corrected chi connectivity index (χ4v) is 2.55. The van der Waals surface area contributed by atoms with E-state index < -0.39 is 0 Å². The summed E-state index contributed by atoms with van der Waals surface area (Å²) in [5.74, 6) is 0.574. The number of benzene rings is 1. The van der Waals surface area contributed by atoms with Gasteiger partial charge in [-0.25, -0.2) is 9.97 Å². The molecule has 4 heteroatoms. The molecule has 1 N–H and O–H groups in total. The highest BCUT2D eigenvalue weighted by atomic mass is 15.1. The van der Waals surface area contributed by atoms with Crippen LogP contribution in [0.15, 0.2) is 30.6 Å². The minimum Gasteiger partial charge on any atom is -0.353 e. The van der Waals surface area contributed by atoms with Crippen LogP contribution in [-0.2, 0) is 12.8 Å². The largest absolute Gasteiger partial charge is 0.353 e. The van der Waals surface area contributed by atoms with Crippen LogP contribution in [-0.4, -0.2) is 16.5 Å². The third-order valence-electron chi connectivity index (χ3n) is 3.60. The van der Waals surface area contributed by atoms with Gasteiger partial charge in [-0.15, -0.1) is 0 Å². The number of hydrogen-bond acceptors (Lipinski definition) is 4. The number of aryl methyl sites for hydroxylation is 2. The van der Waals surface area contributed by atoms with Crippen molar-refractivity contribution < 1.29 is 0 Å². The second-order valence-electron chi connectivity index (χ2n) is 4.97. The molecule has 0 unspecified atom stereocenters. The van der Waals surface area contributed by atoms with E-state index in [0.29, 0.717) is 18.9 Å². The van der Waals surface area contributed by atoms with Crippen molar-refractivity contribution >= 4 is 5.95 Å². The second-order valence-corrected chi connectivity index (χ2v) is 4.97. The van der Waals surface area contributed by atoms with Crippen LogP contribution in [0.3, 0.4) is 0 Å². The molecular formula is C16H16N4. The molecule has 100 valence electrons. The first-order chi connectivity index (χ1) is 9.86. The van der Waals surface area contributed by atoms with Gasteiger partial charge in [0.1, 0.15) is 0 Å². The van der Waals surface area contributed by atoms with E-state index in [2.05, 4.69) is 39.6 Å². The number of aromatic nitrogens is 2. The van der Waals surface area contributed by atoms with Crippen molar-refractivity contribution in [1.82, 2.24) is 9.97 Å². The Morgan fingerprint density at radius 1 is 1.10 bits per heavy atom. The zero-order valence-corrected chi connectivity index (χ0v) is 11.3. The third kappa shape index (κ3) is 2.62. The van der Waals surface area contributed by atoms with E-state index in [4.69, 9.17) is 5.26 Å². The highest BCUT2D eigenvalue weighted by molar-refractivity contribution is 5.64. The summed E-state index contributed by atoms with van der Waals surface area (Å²) in [5, 5.41) is 11.5. The molecular weight excluding hydrogens is 248 g/mol. The van der Waals surface area contributed by atoms with Gasteiger partial charge in [0, 0.05) is 24.5 Å². The number of nitrogens with one attached hydrogen (secondary N) is 1. The van der Waals surface area contributed by atoms with Crippen LogP contribution in [0.25, 0.3) is 11.1 Å². The Hall–Kier alpha value is -2.41. The van der Waals surface area contributed by atoms with Crippen molar-refractivity contribution in [2.45, 2.75) is 25.7 Å². The van der Waals surface area contributed by atoms with Gasteiger partial charge in [-0.1, -0.05) is 18.2 Å². The molecule has 1 aliphatic rings. The molecule has 0 aliphatic heterocycles. The highest BCUT2D eigenvalue weighted by Crippen LogP contribution is 2.27. The number of nitrogens with zero attached hydrogens (tertiary/aromatic N) is 3. The lowest BCUT2D eigenvalue weighted by Crippen LogP contribution is -2.04. The number of anilines is 1. The monoisotopic (exact) mass is 264 g/mol. The second kappa shape index (κ2) is 5.70. The van der Waals surface area contributed by atoms with E-state index in [9.17, 15) is 0 Å². The summed E-state index contributed by atoms with van der Waals surface area (Å²) in [4.78, 5) is 8.58. The molecule has 4 nitrogen and oxygen atoms in total. The van der Waals surface area contributed by atoms with E-state index in [0.717, 1.165) is 5.56 Å². The van der Waals surface area contributed by atoms with Crippen molar-refractivity contribution in [3.05, 3.63) is 41.7 Å². The smallest absolute Gasteiger partial charge is 0.222 e. The molecule has 0 fully saturated rings. The molecule has 0 bridgehead atoms. The van der Waals surface area contributed by atoms with Gasteiger partial charge in [0.2, 0.25) is 5.95 Å². The Balaban J connectivity index is 1.76. The summed E-state index contributed by atoms with van der Waals surface area (Å²) in [5.41, 5.74) is 5.14. The first kappa shape index (κ1) is 12.6. The molecule has 1 aromatic carbocycles. The van der Waals surface area contributed by atoms with Crippen molar-refractivity contribution in [2.75, 3.05) is 11.9 Å². The maximum Gasteiger partial charge on any atom is 0.222 e. The molecule has 0 amide bonds. The molecule has 0 atom stereocenters. The first-order valence-electron chi connectivity index (χ1n) is 6.92. The van der Waals surface area contributed by atoms with Crippen LogP contribution in [0.5, 0.6) is 0 Å². The van der Waals surface area contributed by atoms with Gasteiger partial charge < -0.3 is 5.32 Å². The maximum absolute atomic E-state index is 8.48. The fourth-order valence-electron chi connectivity index (χ4n) is 2.55. The van der Waals surface area contributed by atoms with Gasteiger partial charge in [0.05, 0.1) is 12.5 Å². The van der Waals surface area contributed by atoms with E-state index in [1.54, 1.807) is 0 Å². The van der Waals surface area contributed by atoms with Gasteiger partial charge in [0.25, 0.3) is 0 Å². The molecule has 0 saturated heterocycles. The van der Waals surface area contributed by atoms with Gasteiger partial charge in [0.15, 0.2) is 0 Å². The van der Waals surface area contributed by atoms with Crippen LogP contribution in [0, 0.1) is 11.3 Å². The Labute approximate surface area is 118 Å². The Kier molecular flexibility index (Phi) is 3.60. The standard InChI is InChI=1S/C16H16N4/c17-7-2-8-18-16-19-10-15(11-20-16)14-6-5-12-3-1-4-13(12)9-14/h5-6,9-11H,1-4,8H2,(H,18,19,20). The molecule has 1 aliphatic carbocycles. The normalized spacial score (nSPS) is 12.8. The van der Waals surface area contributed by atoms with E-state index in [-0.39, 0.29) is 0 Å². The highest BCUT2D eigenvalue weighted by Gasteiger charge is 2.11. The predicted molar refractivity (Wildman–Crippen MR) is 78.2 cm³/mol. The molecule has 1 heterocycles. The summed E-state index contributed by atoms with van der Waals surface area (Å²) < 4.78 is 0. The number of hydrogen-bond donors (Lipinski definition) is 1. The van der Waals surface area contributed by atoms with Crippen LogP contribution >= 0.6 is 0 Å². The van der Waals surface area contributed by atoms with Crippen LogP contribution in [0.2, 0.25) is 0 Å². The van der Waals surface area contributed by atoms with Gasteiger partial charge in [-0.3, -0.25) is 0 Å². The van der Waals surface area contributed by atoms with Crippen molar-refractivity contribution in [3.63, 3.8) is 0 Å². The lowest BCUT2D eigenvalue weighted by molar-refractivity contribution is 0.912. The average Bonchev–Trinajstić information content (AvgIpc) is 2.96. The van der Waals surface area contributed by atoms with Gasteiger partial charge in [-0.05, 0) is 36.0 Å². The van der Waals surface area contributed by atoms with E-state index >= 15 is 0 Å². The third-order valence-corrected chi connectivity index (χ3v) is 3.60. The summed E-state index contributed by atoms with van der Waals surface area (Å²) in [6.07, 6.45) is 7.76. The molecule has 1 aromatic heterocycles. The fraction of sp³-hybridized carbons (Fsp3) is 0.312. The summed E-state index contributed by atoms with van der Waals surface area (Å²) in [6, 6.07) is 8.70. The van der Waals surface area contributed by atoms with E-state index in [1.807, 2.05) is 12.4 Å². The summed E-state index contributed by atoms with van der Waals surface area (Å²) >= 11 is 0. The number of fused-ring (bicyclic) bond motifs is 1.